The summed E-state index contributed by atoms with van der Waals surface area (Å²) in [7, 11) is 3.10. The summed E-state index contributed by atoms with van der Waals surface area (Å²) in [6.45, 7) is 5.48. The molecule has 0 saturated heterocycles. The topological polar surface area (TPSA) is 85.5 Å². The van der Waals surface area contributed by atoms with Crippen LogP contribution in [0, 0.1) is 0 Å². The van der Waals surface area contributed by atoms with Crippen LogP contribution in [0.3, 0.4) is 0 Å². The third kappa shape index (κ3) is 7.60. The molecule has 0 aliphatic heterocycles. The Bertz CT molecular complexity index is 897. The molecule has 2 rings (SSSR count). The molecular weight excluding hydrogens is 418 g/mol. The summed E-state index contributed by atoms with van der Waals surface area (Å²) in [5.74, 6) is 1.23. The van der Waals surface area contributed by atoms with Crippen molar-refractivity contribution in [1.29, 1.82) is 0 Å². The molecule has 168 valence electrons. The van der Waals surface area contributed by atoms with Crippen LogP contribution in [0.25, 0.3) is 0 Å². The lowest BCUT2D eigenvalue weighted by Gasteiger charge is -2.15. The first-order chi connectivity index (χ1) is 15.0. The Morgan fingerprint density at radius 3 is 2.74 bits per heavy atom. The smallest absolute Gasteiger partial charge is 0.373 e. The second-order valence-corrected chi connectivity index (χ2v) is 6.93. The number of hydrogen-bond donors (Lipinski definition) is 1. The molecular formula is C22H29N3O5S. The van der Waals surface area contributed by atoms with E-state index in [0.29, 0.717) is 29.0 Å². The number of carbonyl (C=O) groups is 1. The Morgan fingerprint density at radius 2 is 2.03 bits per heavy atom. The van der Waals surface area contributed by atoms with Crippen molar-refractivity contribution in [3.8, 4) is 11.5 Å². The summed E-state index contributed by atoms with van der Waals surface area (Å²) in [6, 6.07) is 8.72. The highest BCUT2D eigenvalue weighted by atomic mass is 32.1. The lowest BCUT2D eigenvalue weighted by molar-refractivity contribution is 0.0561. The number of rotatable bonds is 11. The quantitative estimate of drug-likeness (QED) is 0.182. The van der Waals surface area contributed by atoms with Gasteiger partial charge in [-0.2, -0.15) is 5.10 Å². The molecule has 0 bridgehead atoms. The van der Waals surface area contributed by atoms with Crippen molar-refractivity contribution in [2.75, 3.05) is 27.3 Å². The zero-order chi connectivity index (χ0) is 22.6. The molecule has 1 aromatic heterocycles. The molecule has 0 radical (unpaired) electrons. The summed E-state index contributed by atoms with van der Waals surface area (Å²) in [5, 5.41) is 9.73. The van der Waals surface area contributed by atoms with Gasteiger partial charge in [-0.1, -0.05) is 13.3 Å². The largest absolute Gasteiger partial charge is 0.490 e. The van der Waals surface area contributed by atoms with Crippen LogP contribution in [0.15, 0.2) is 39.9 Å². The number of benzene rings is 1. The maximum atomic E-state index is 11.5. The third-order valence-electron chi connectivity index (χ3n) is 4.17. The van der Waals surface area contributed by atoms with Crippen molar-refractivity contribution in [1.82, 2.24) is 10.3 Å². The number of carbonyl (C=O) groups excluding carboxylic acids is 1. The minimum Gasteiger partial charge on any atom is -0.490 e. The van der Waals surface area contributed by atoms with Crippen LogP contribution < -0.4 is 14.8 Å². The molecule has 0 amide bonds. The highest BCUT2D eigenvalue weighted by molar-refractivity contribution is 7.80. The SMILES string of the molecule is CCCCNC(=S)N(C)N=Cc1ccc(OCc2ccc(C(=O)OC)o2)c(OCC)c1. The van der Waals surface area contributed by atoms with Crippen LogP contribution in [0.2, 0.25) is 0 Å². The minimum atomic E-state index is -0.532. The summed E-state index contributed by atoms with van der Waals surface area (Å²) in [4.78, 5) is 11.5. The molecule has 0 unspecified atom stereocenters. The number of methoxy groups -OCH3 is 1. The van der Waals surface area contributed by atoms with E-state index in [-0.39, 0.29) is 12.4 Å². The molecule has 0 fully saturated rings. The molecule has 0 saturated carbocycles. The predicted octanol–water partition coefficient (Wildman–Crippen LogP) is 3.98. The first-order valence-electron chi connectivity index (χ1n) is 10.1. The van der Waals surface area contributed by atoms with Crippen LogP contribution in [0.1, 0.15) is 48.6 Å². The first kappa shape index (κ1) is 24.2. The Kier molecular flexibility index (Phi) is 9.83. The van der Waals surface area contributed by atoms with Gasteiger partial charge in [0, 0.05) is 13.6 Å². The summed E-state index contributed by atoms with van der Waals surface area (Å²) < 4.78 is 21.6. The monoisotopic (exact) mass is 447 g/mol. The lowest BCUT2D eigenvalue weighted by Crippen LogP contribution is -2.34. The molecule has 2 aromatic rings. The van der Waals surface area contributed by atoms with E-state index in [0.717, 1.165) is 24.9 Å². The molecule has 9 heteroatoms. The van der Waals surface area contributed by atoms with Gasteiger partial charge < -0.3 is 23.9 Å². The van der Waals surface area contributed by atoms with Crippen LogP contribution in [0.4, 0.5) is 0 Å². The van der Waals surface area contributed by atoms with E-state index >= 15 is 0 Å². The van der Waals surface area contributed by atoms with Gasteiger partial charge >= 0.3 is 5.97 Å². The van der Waals surface area contributed by atoms with Gasteiger partial charge in [0.15, 0.2) is 16.6 Å². The van der Waals surface area contributed by atoms with Gasteiger partial charge in [-0.25, -0.2) is 9.80 Å². The van der Waals surface area contributed by atoms with E-state index in [1.54, 1.807) is 36.5 Å². The molecule has 0 atom stereocenters. The molecule has 8 nitrogen and oxygen atoms in total. The zero-order valence-corrected chi connectivity index (χ0v) is 19.2. The zero-order valence-electron chi connectivity index (χ0n) is 18.3. The number of hydrazone groups is 1. The predicted molar refractivity (Wildman–Crippen MR) is 123 cm³/mol. The molecule has 1 heterocycles. The maximum Gasteiger partial charge on any atom is 0.373 e. The average Bonchev–Trinajstić information content (AvgIpc) is 3.25. The highest BCUT2D eigenvalue weighted by Crippen LogP contribution is 2.29. The highest BCUT2D eigenvalue weighted by Gasteiger charge is 2.13. The molecule has 0 aliphatic rings. The number of nitrogens with one attached hydrogen (secondary N) is 1. The summed E-state index contributed by atoms with van der Waals surface area (Å²) in [6.07, 6.45) is 3.86. The van der Waals surface area contributed by atoms with Crippen molar-refractivity contribution >= 4 is 29.5 Å². The molecule has 1 N–H and O–H groups in total. The lowest BCUT2D eigenvalue weighted by atomic mass is 10.2. The maximum absolute atomic E-state index is 11.5. The third-order valence-corrected chi connectivity index (χ3v) is 4.57. The van der Waals surface area contributed by atoms with Crippen LogP contribution in [-0.2, 0) is 11.3 Å². The van der Waals surface area contributed by atoms with Crippen molar-refractivity contribution in [2.45, 2.75) is 33.3 Å². The van der Waals surface area contributed by atoms with Gasteiger partial charge in [0.1, 0.15) is 12.4 Å². The van der Waals surface area contributed by atoms with E-state index in [1.807, 2.05) is 19.1 Å². The average molecular weight is 448 g/mol. The Labute approximate surface area is 188 Å². The van der Waals surface area contributed by atoms with Gasteiger partial charge in [-0.05, 0) is 61.5 Å². The Balaban J connectivity index is 2.02. The van der Waals surface area contributed by atoms with E-state index < -0.39 is 5.97 Å². The second kappa shape index (κ2) is 12.6. The second-order valence-electron chi connectivity index (χ2n) is 6.54. The van der Waals surface area contributed by atoms with E-state index in [4.69, 9.17) is 26.1 Å². The van der Waals surface area contributed by atoms with E-state index in [9.17, 15) is 4.79 Å². The Morgan fingerprint density at radius 1 is 1.23 bits per heavy atom. The molecule has 1 aromatic carbocycles. The summed E-state index contributed by atoms with van der Waals surface area (Å²) in [5.41, 5.74) is 0.838. The van der Waals surface area contributed by atoms with Crippen molar-refractivity contribution < 1.29 is 23.4 Å². The van der Waals surface area contributed by atoms with Crippen LogP contribution in [0.5, 0.6) is 11.5 Å². The number of unbranched alkanes of at least 4 members (excludes halogenated alkanes) is 1. The van der Waals surface area contributed by atoms with Crippen molar-refractivity contribution in [2.24, 2.45) is 5.10 Å². The minimum absolute atomic E-state index is 0.129. The number of esters is 1. The molecule has 31 heavy (non-hydrogen) atoms. The fourth-order valence-electron chi connectivity index (χ4n) is 2.50. The van der Waals surface area contributed by atoms with Crippen molar-refractivity contribution in [3.05, 3.63) is 47.4 Å². The van der Waals surface area contributed by atoms with E-state index in [1.165, 1.54) is 7.11 Å². The fourth-order valence-corrected chi connectivity index (χ4v) is 2.65. The normalized spacial score (nSPS) is 10.7. The van der Waals surface area contributed by atoms with Gasteiger partial charge in [0.2, 0.25) is 5.76 Å². The number of thiocarbonyl (C=S) groups is 1. The number of ether oxygens (including phenoxy) is 3. The number of hydrogen-bond acceptors (Lipinski definition) is 7. The number of nitrogens with zero attached hydrogens (tertiary/aromatic N) is 2. The Hall–Kier alpha value is -3.07. The number of furan rings is 1. The van der Waals surface area contributed by atoms with Gasteiger partial charge in [0.05, 0.1) is 19.9 Å². The van der Waals surface area contributed by atoms with Gasteiger partial charge in [-0.3, -0.25) is 0 Å². The van der Waals surface area contributed by atoms with Crippen LogP contribution >= 0.6 is 12.2 Å². The molecule has 0 aliphatic carbocycles. The van der Waals surface area contributed by atoms with Crippen molar-refractivity contribution in [3.63, 3.8) is 0 Å². The standard InChI is InChI=1S/C22H29N3O5S/c1-5-7-12-23-22(31)25(3)24-14-16-8-10-18(20(13-16)28-6-2)29-15-17-9-11-19(30-17)21(26)27-4/h8-11,13-14H,5-7,12,15H2,1-4H3,(H,23,31). The van der Waals surface area contributed by atoms with Gasteiger partial charge in [-0.15, -0.1) is 0 Å². The first-order valence-corrected chi connectivity index (χ1v) is 10.5. The van der Waals surface area contributed by atoms with Gasteiger partial charge in [0.25, 0.3) is 0 Å². The van der Waals surface area contributed by atoms with Crippen LogP contribution in [-0.4, -0.2) is 49.6 Å². The van der Waals surface area contributed by atoms with E-state index in [2.05, 4.69) is 22.1 Å². The molecule has 0 spiro atoms. The fraction of sp³-hybridized carbons (Fsp3) is 0.409. The summed E-state index contributed by atoms with van der Waals surface area (Å²) >= 11 is 5.32.